The second kappa shape index (κ2) is 17.8. The van der Waals surface area contributed by atoms with Gasteiger partial charge in [0.2, 0.25) is 0 Å². The van der Waals surface area contributed by atoms with Crippen LogP contribution in [0.4, 0.5) is 0 Å². The third-order valence-corrected chi connectivity index (χ3v) is 7.65. The fraction of sp³-hybridized carbons (Fsp3) is 0.500. The lowest BCUT2D eigenvalue weighted by Gasteiger charge is -2.22. The average molecular weight is 603 g/mol. The first-order valence-corrected chi connectivity index (χ1v) is 15.5. The van der Waals surface area contributed by atoms with Gasteiger partial charge in [0.1, 0.15) is 0 Å². The Kier molecular flexibility index (Phi) is 14.2. The van der Waals surface area contributed by atoms with Gasteiger partial charge in [-0.15, -0.1) is 0 Å². The van der Waals surface area contributed by atoms with Gasteiger partial charge < -0.3 is 14.2 Å². The van der Waals surface area contributed by atoms with Gasteiger partial charge in [-0.25, -0.2) is 4.79 Å². The van der Waals surface area contributed by atoms with E-state index in [1.807, 2.05) is 30.3 Å². The summed E-state index contributed by atoms with van der Waals surface area (Å²) in [6, 6.07) is 12.9. The molecular weight excluding hydrogens is 561 g/mol. The van der Waals surface area contributed by atoms with E-state index in [0.717, 1.165) is 29.5 Å². The highest BCUT2D eigenvalue weighted by molar-refractivity contribution is 6.42. The van der Waals surface area contributed by atoms with Gasteiger partial charge in [0.05, 0.1) is 16.7 Å². The number of hydrogen-bond donors (Lipinski definition) is 0. The highest BCUT2D eigenvalue weighted by atomic mass is 35.5. The first-order chi connectivity index (χ1) is 19.9. The van der Waals surface area contributed by atoms with Crippen LogP contribution >= 0.6 is 23.2 Å². The maximum Gasteiger partial charge on any atom is 0.397 e. The molecule has 0 bridgehead atoms. The zero-order chi connectivity index (χ0) is 29.5. The molecule has 3 aromatic rings. The van der Waals surface area contributed by atoms with E-state index in [1.54, 1.807) is 19.1 Å². The van der Waals surface area contributed by atoms with Crippen molar-refractivity contribution in [3.63, 3.8) is 0 Å². The Balaban J connectivity index is 1.58. The van der Waals surface area contributed by atoms with Gasteiger partial charge in [-0.2, -0.15) is 4.98 Å². The van der Waals surface area contributed by atoms with Gasteiger partial charge >= 0.3 is 11.9 Å². The number of amides is 1. The van der Waals surface area contributed by atoms with Crippen molar-refractivity contribution in [2.45, 2.75) is 91.0 Å². The first-order valence-electron chi connectivity index (χ1n) is 14.7. The Morgan fingerprint density at radius 2 is 1.59 bits per heavy atom. The SMILES string of the molecule is CCCCCCCCCCCc1noc(-c2cccc(CN(CCc3ccc(Cl)c(Cl)c3)C(=O)C(=O)OCC)c2)n1. The normalized spacial score (nSPS) is 11.0. The van der Waals surface area contributed by atoms with Crippen molar-refractivity contribution in [1.29, 1.82) is 0 Å². The van der Waals surface area contributed by atoms with E-state index < -0.39 is 11.9 Å². The number of hydrogen-bond acceptors (Lipinski definition) is 6. The third-order valence-electron chi connectivity index (χ3n) is 6.91. The fourth-order valence-corrected chi connectivity index (χ4v) is 4.94. The number of ether oxygens (including phenoxy) is 1. The van der Waals surface area contributed by atoms with E-state index in [4.69, 9.17) is 32.5 Å². The largest absolute Gasteiger partial charge is 0.459 e. The van der Waals surface area contributed by atoms with Gasteiger partial charge in [0.15, 0.2) is 5.82 Å². The molecule has 0 N–H and O–H groups in total. The van der Waals surface area contributed by atoms with Crippen LogP contribution in [0.1, 0.15) is 88.6 Å². The second-order valence-corrected chi connectivity index (χ2v) is 11.1. The third kappa shape index (κ3) is 11.1. The van der Waals surface area contributed by atoms with Crippen molar-refractivity contribution >= 4 is 35.1 Å². The van der Waals surface area contributed by atoms with E-state index in [-0.39, 0.29) is 13.2 Å². The predicted octanol–water partition coefficient (Wildman–Crippen LogP) is 8.25. The summed E-state index contributed by atoms with van der Waals surface area (Å²) < 4.78 is 10.5. The van der Waals surface area contributed by atoms with Crippen LogP contribution in [0.15, 0.2) is 47.0 Å². The molecule has 7 nitrogen and oxygen atoms in total. The topological polar surface area (TPSA) is 85.5 Å². The maximum absolute atomic E-state index is 12.9. The van der Waals surface area contributed by atoms with Crippen molar-refractivity contribution in [2.75, 3.05) is 13.2 Å². The number of unbranched alkanes of at least 4 members (excludes halogenated alkanes) is 8. The van der Waals surface area contributed by atoms with Gasteiger partial charge in [-0.3, -0.25) is 4.79 Å². The quantitative estimate of drug-likeness (QED) is 0.0879. The van der Waals surface area contributed by atoms with Crippen LogP contribution < -0.4 is 0 Å². The molecule has 0 aliphatic heterocycles. The summed E-state index contributed by atoms with van der Waals surface area (Å²) >= 11 is 12.2. The standard InChI is InChI=1S/C32H41Cl2N3O4/c1-3-5-6-7-8-9-10-11-12-16-29-35-30(41-36-29)26-15-13-14-25(21-26)23-37(31(38)32(39)40-4-2)20-19-24-17-18-27(33)28(34)22-24/h13-15,17-18,21-22H,3-12,16,19-20,23H2,1-2H3. The fourth-order valence-electron chi connectivity index (χ4n) is 4.62. The Morgan fingerprint density at radius 3 is 2.29 bits per heavy atom. The Bertz CT molecular complexity index is 1250. The molecule has 0 spiro atoms. The maximum atomic E-state index is 12.9. The molecule has 1 heterocycles. The van der Waals surface area contributed by atoms with E-state index in [2.05, 4.69) is 17.1 Å². The summed E-state index contributed by atoms with van der Waals surface area (Å²) in [6.07, 6.45) is 12.7. The molecule has 0 radical (unpaired) electrons. The first kappa shape index (κ1) is 32.6. The predicted molar refractivity (Wildman–Crippen MR) is 163 cm³/mol. The second-order valence-electron chi connectivity index (χ2n) is 10.2. The Labute approximate surface area is 253 Å². The van der Waals surface area contributed by atoms with Crippen molar-refractivity contribution in [3.8, 4) is 11.5 Å². The van der Waals surface area contributed by atoms with E-state index >= 15 is 0 Å². The lowest BCUT2D eigenvalue weighted by atomic mass is 10.1. The number of nitrogens with zero attached hydrogens (tertiary/aromatic N) is 3. The minimum atomic E-state index is -0.879. The molecule has 0 saturated heterocycles. The molecule has 0 unspecified atom stereocenters. The lowest BCUT2D eigenvalue weighted by molar-refractivity contribution is -0.160. The number of esters is 1. The van der Waals surface area contributed by atoms with Gasteiger partial charge in [-0.1, -0.05) is 105 Å². The molecule has 1 aromatic heterocycles. The van der Waals surface area contributed by atoms with Gasteiger partial charge in [0.25, 0.3) is 5.89 Å². The summed E-state index contributed by atoms with van der Waals surface area (Å²) in [4.78, 5) is 31.3. The number of carbonyl (C=O) groups is 2. The molecule has 41 heavy (non-hydrogen) atoms. The summed E-state index contributed by atoms with van der Waals surface area (Å²) in [5.41, 5.74) is 2.49. The zero-order valence-electron chi connectivity index (χ0n) is 24.2. The molecule has 3 rings (SSSR count). The highest BCUT2D eigenvalue weighted by Crippen LogP contribution is 2.24. The molecule has 0 aliphatic rings. The van der Waals surface area contributed by atoms with Crippen LogP contribution in [-0.2, 0) is 33.7 Å². The summed E-state index contributed by atoms with van der Waals surface area (Å²) in [7, 11) is 0. The number of carbonyl (C=O) groups excluding carboxylic acids is 2. The molecule has 1 amide bonds. The monoisotopic (exact) mass is 601 g/mol. The van der Waals surface area contributed by atoms with Crippen LogP contribution in [0, 0.1) is 0 Å². The summed E-state index contributed by atoms with van der Waals surface area (Å²) in [5, 5.41) is 5.07. The number of aryl methyl sites for hydroxylation is 1. The molecule has 2 aromatic carbocycles. The number of benzene rings is 2. The number of aromatic nitrogens is 2. The minimum absolute atomic E-state index is 0.124. The van der Waals surface area contributed by atoms with Crippen LogP contribution in [0.2, 0.25) is 10.0 Å². The van der Waals surface area contributed by atoms with Gasteiger partial charge in [0, 0.05) is 25.1 Å². The van der Waals surface area contributed by atoms with Crippen molar-refractivity contribution < 1.29 is 18.8 Å². The van der Waals surface area contributed by atoms with E-state index in [9.17, 15) is 9.59 Å². The molecule has 0 fully saturated rings. The molecular formula is C32H41Cl2N3O4. The highest BCUT2D eigenvalue weighted by Gasteiger charge is 2.23. The Morgan fingerprint density at radius 1 is 0.854 bits per heavy atom. The zero-order valence-corrected chi connectivity index (χ0v) is 25.7. The minimum Gasteiger partial charge on any atom is -0.459 e. The summed E-state index contributed by atoms with van der Waals surface area (Å²) in [5.74, 6) is -0.430. The molecule has 9 heteroatoms. The Hall–Kier alpha value is -2.90. The van der Waals surface area contributed by atoms with Crippen LogP contribution in [-0.4, -0.2) is 40.1 Å². The van der Waals surface area contributed by atoms with E-state index in [1.165, 1.54) is 56.3 Å². The average Bonchev–Trinajstić information content (AvgIpc) is 3.45. The van der Waals surface area contributed by atoms with E-state index in [0.29, 0.717) is 34.7 Å². The number of halogens is 2. The molecule has 0 saturated carbocycles. The molecule has 222 valence electrons. The van der Waals surface area contributed by atoms with Crippen molar-refractivity contribution in [1.82, 2.24) is 15.0 Å². The lowest BCUT2D eigenvalue weighted by Crippen LogP contribution is -2.38. The van der Waals surface area contributed by atoms with Gasteiger partial charge in [-0.05, 0) is 55.2 Å². The molecule has 0 aliphatic carbocycles. The van der Waals surface area contributed by atoms with Crippen molar-refractivity contribution in [3.05, 3.63) is 69.5 Å². The van der Waals surface area contributed by atoms with Crippen molar-refractivity contribution in [2.24, 2.45) is 0 Å². The van der Waals surface area contributed by atoms with Crippen LogP contribution in [0.5, 0.6) is 0 Å². The van der Waals surface area contributed by atoms with Crippen LogP contribution in [0.25, 0.3) is 11.5 Å². The smallest absolute Gasteiger partial charge is 0.397 e. The number of rotatable bonds is 17. The van der Waals surface area contributed by atoms with Crippen LogP contribution in [0.3, 0.4) is 0 Å². The summed E-state index contributed by atoms with van der Waals surface area (Å²) in [6.45, 7) is 4.55. The molecule has 0 atom stereocenters.